The van der Waals surface area contributed by atoms with Crippen LogP contribution in [-0.2, 0) is 9.53 Å². The highest BCUT2D eigenvalue weighted by Crippen LogP contribution is 2.23. The molecule has 2 aromatic rings. The molecule has 0 aliphatic rings. The summed E-state index contributed by atoms with van der Waals surface area (Å²) in [5.41, 5.74) is 1.97. The second-order valence-corrected chi connectivity index (χ2v) is 3.82. The molecular weight excluding hydrogens is 240 g/mol. The van der Waals surface area contributed by atoms with Crippen molar-refractivity contribution < 1.29 is 14.3 Å². The van der Waals surface area contributed by atoms with Gasteiger partial charge in [-0.1, -0.05) is 55.1 Å². The lowest BCUT2D eigenvalue weighted by Crippen LogP contribution is -2.11. The normalized spacial score (nSPS) is 9.68. The molecule has 0 saturated heterocycles. The van der Waals surface area contributed by atoms with Crippen LogP contribution in [0, 0.1) is 0 Å². The van der Waals surface area contributed by atoms with Crippen molar-refractivity contribution in [1.29, 1.82) is 0 Å². The Balaban J connectivity index is 2.39. The van der Waals surface area contributed by atoms with E-state index in [0.717, 1.165) is 17.2 Å². The van der Waals surface area contributed by atoms with Crippen LogP contribution < -0.4 is 0 Å². The summed E-state index contributed by atoms with van der Waals surface area (Å²) >= 11 is 0. The first-order valence-electron chi connectivity index (χ1n) is 5.75. The lowest BCUT2D eigenvalue weighted by Gasteiger charge is -2.07. The van der Waals surface area contributed by atoms with Gasteiger partial charge in [0.15, 0.2) is 0 Å². The van der Waals surface area contributed by atoms with Gasteiger partial charge in [-0.05, 0) is 17.2 Å². The van der Waals surface area contributed by atoms with Crippen molar-refractivity contribution in [1.82, 2.24) is 0 Å². The Hall–Kier alpha value is -2.68. The highest BCUT2D eigenvalue weighted by molar-refractivity contribution is 6.03. The Morgan fingerprint density at radius 2 is 1.58 bits per heavy atom. The van der Waals surface area contributed by atoms with Gasteiger partial charge in [-0.3, -0.25) is 0 Å². The van der Waals surface area contributed by atoms with Gasteiger partial charge in [-0.2, -0.15) is 0 Å². The molecule has 0 heterocycles. The van der Waals surface area contributed by atoms with Gasteiger partial charge in [-0.15, -0.1) is 0 Å². The molecule has 0 N–H and O–H groups in total. The van der Waals surface area contributed by atoms with Crippen LogP contribution >= 0.6 is 0 Å². The smallest absolute Gasteiger partial charge is 0.346 e. The molecule has 0 atom stereocenters. The fourth-order valence-electron chi connectivity index (χ4n) is 1.72. The standard InChI is InChI=1S/C16H12O3/c1-2-15(17)19-16(18)14-11-7-6-10-13(14)12-8-4-3-5-9-12/h2-11H,1H2. The van der Waals surface area contributed by atoms with Gasteiger partial charge >= 0.3 is 11.9 Å². The van der Waals surface area contributed by atoms with E-state index >= 15 is 0 Å². The van der Waals surface area contributed by atoms with E-state index in [1.54, 1.807) is 12.1 Å². The summed E-state index contributed by atoms with van der Waals surface area (Å²) in [7, 11) is 0. The van der Waals surface area contributed by atoms with E-state index in [4.69, 9.17) is 0 Å². The van der Waals surface area contributed by atoms with E-state index in [2.05, 4.69) is 11.3 Å². The zero-order valence-electron chi connectivity index (χ0n) is 10.2. The summed E-state index contributed by atoms with van der Waals surface area (Å²) in [6.45, 7) is 3.26. The monoisotopic (exact) mass is 252 g/mol. The van der Waals surface area contributed by atoms with E-state index in [1.165, 1.54) is 0 Å². The van der Waals surface area contributed by atoms with E-state index in [0.29, 0.717) is 5.56 Å². The first-order valence-corrected chi connectivity index (χ1v) is 5.75. The lowest BCUT2D eigenvalue weighted by molar-refractivity contribution is -0.132. The zero-order valence-corrected chi connectivity index (χ0v) is 10.2. The maximum atomic E-state index is 11.9. The van der Waals surface area contributed by atoms with Crippen molar-refractivity contribution in [2.75, 3.05) is 0 Å². The van der Waals surface area contributed by atoms with Crippen LogP contribution in [0.1, 0.15) is 10.4 Å². The molecule has 94 valence electrons. The third-order valence-corrected chi connectivity index (χ3v) is 2.59. The highest BCUT2D eigenvalue weighted by Gasteiger charge is 2.15. The molecule has 0 aliphatic carbocycles. The Bertz CT molecular complexity index is 615. The van der Waals surface area contributed by atoms with Gasteiger partial charge in [0.2, 0.25) is 0 Å². The van der Waals surface area contributed by atoms with E-state index in [9.17, 15) is 9.59 Å². The van der Waals surface area contributed by atoms with Crippen molar-refractivity contribution in [3.05, 3.63) is 72.8 Å². The van der Waals surface area contributed by atoms with Gasteiger partial charge in [-0.25, -0.2) is 9.59 Å². The number of hydrogen-bond donors (Lipinski definition) is 0. The van der Waals surface area contributed by atoms with Crippen LogP contribution in [0.2, 0.25) is 0 Å². The summed E-state index contributed by atoms with van der Waals surface area (Å²) in [5.74, 6) is -1.43. The van der Waals surface area contributed by atoms with E-state index < -0.39 is 11.9 Å². The minimum absolute atomic E-state index is 0.351. The predicted molar refractivity (Wildman–Crippen MR) is 72.5 cm³/mol. The summed E-state index contributed by atoms with van der Waals surface area (Å²) in [5, 5.41) is 0. The van der Waals surface area contributed by atoms with Gasteiger partial charge in [0, 0.05) is 6.08 Å². The van der Waals surface area contributed by atoms with E-state index in [-0.39, 0.29) is 0 Å². The van der Waals surface area contributed by atoms with Crippen LogP contribution in [0.4, 0.5) is 0 Å². The predicted octanol–water partition coefficient (Wildman–Crippen LogP) is 3.22. The Kier molecular flexibility index (Phi) is 3.88. The van der Waals surface area contributed by atoms with Crippen molar-refractivity contribution in [3.63, 3.8) is 0 Å². The average molecular weight is 252 g/mol. The summed E-state index contributed by atoms with van der Waals surface area (Å²) < 4.78 is 4.65. The first kappa shape index (κ1) is 12.8. The summed E-state index contributed by atoms with van der Waals surface area (Å²) in [4.78, 5) is 23.0. The number of carbonyl (C=O) groups is 2. The van der Waals surface area contributed by atoms with Crippen LogP contribution in [0.15, 0.2) is 67.3 Å². The van der Waals surface area contributed by atoms with Crippen molar-refractivity contribution in [2.45, 2.75) is 0 Å². The second kappa shape index (κ2) is 5.78. The number of ether oxygens (including phenoxy) is 1. The second-order valence-electron chi connectivity index (χ2n) is 3.82. The molecule has 0 aromatic heterocycles. The van der Waals surface area contributed by atoms with Crippen molar-refractivity contribution in [3.8, 4) is 11.1 Å². The Labute approximate surface area is 111 Å². The molecular formula is C16H12O3. The molecule has 0 amide bonds. The van der Waals surface area contributed by atoms with Crippen molar-refractivity contribution >= 4 is 11.9 Å². The van der Waals surface area contributed by atoms with Gasteiger partial charge in [0.25, 0.3) is 0 Å². The molecule has 3 heteroatoms. The minimum Gasteiger partial charge on any atom is -0.386 e. The third-order valence-electron chi connectivity index (χ3n) is 2.59. The van der Waals surface area contributed by atoms with Crippen LogP contribution in [-0.4, -0.2) is 11.9 Å². The van der Waals surface area contributed by atoms with Gasteiger partial charge in [0.05, 0.1) is 5.56 Å². The maximum absolute atomic E-state index is 11.9. The Morgan fingerprint density at radius 1 is 0.947 bits per heavy atom. The molecule has 0 unspecified atom stereocenters. The summed E-state index contributed by atoms with van der Waals surface area (Å²) in [6, 6.07) is 16.4. The van der Waals surface area contributed by atoms with Gasteiger partial charge < -0.3 is 4.74 Å². The number of benzene rings is 2. The topological polar surface area (TPSA) is 43.4 Å². The van der Waals surface area contributed by atoms with Gasteiger partial charge in [0.1, 0.15) is 0 Å². The molecule has 0 saturated carbocycles. The lowest BCUT2D eigenvalue weighted by atomic mass is 10.00. The number of rotatable bonds is 3. The molecule has 0 aliphatic heterocycles. The first-order chi connectivity index (χ1) is 9.22. The number of hydrogen-bond acceptors (Lipinski definition) is 3. The SMILES string of the molecule is C=CC(=O)OC(=O)c1ccccc1-c1ccccc1. The molecule has 0 radical (unpaired) electrons. The molecule has 0 spiro atoms. The van der Waals surface area contributed by atoms with Crippen LogP contribution in [0.3, 0.4) is 0 Å². The molecule has 0 bridgehead atoms. The maximum Gasteiger partial charge on any atom is 0.346 e. The molecule has 3 nitrogen and oxygen atoms in total. The number of esters is 2. The summed E-state index contributed by atoms with van der Waals surface area (Å²) in [6.07, 6.45) is 0.961. The molecule has 2 rings (SSSR count). The quantitative estimate of drug-likeness (QED) is 0.478. The van der Waals surface area contributed by atoms with Crippen LogP contribution in [0.25, 0.3) is 11.1 Å². The molecule has 19 heavy (non-hydrogen) atoms. The fraction of sp³-hybridized carbons (Fsp3) is 0. The van der Waals surface area contributed by atoms with Crippen LogP contribution in [0.5, 0.6) is 0 Å². The molecule has 0 fully saturated rings. The Morgan fingerprint density at radius 3 is 2.26 bits per heavy atom. The highest BCUT2D eigenvalue weighted by atomic mass is 16.6. The molecule has 2 aromatic carbocycles. The van der Waals surface area contributed by atoms with Crippen molar-refractivity contribution in [2.24, 2.45) is 0 Å². The minimum atomic E-state index is -0.757. The van der Waals surface area contributed by atoms with E-state index in [1.807, 2.05) is 42.5 Å². The number of carbonyl (C=O) groups excluding carboxylic acids is 2. The fourth-order valence-corrected chi connectivity index (χ4v) is 1.72. The third kappa shape index (κ3) is 2.96. The average Bonchev–Trinajstić information content (AvgIpc) is 2.48. The zero-order chi connectivity index (χ0) is 13.7. The largest absolute Gasteiger partial charge is 0.386 e.